The van der Waals surface area contributed by atoms with Gasteiger partial charge in [0.05, 0.1) is 0 Å². The first-order valence-corrected chi connectivity index (χ1v) is 15.0. The maximum absolute atomic E-state index is 3.82. The van der Waals surface area contributed by atoms with Crippen LogP contribution in [0.15, 0.2) is 61.2 Å². The second kappa shape index (κ2) is 12.1. The molecule has 0 aliphatic heterocycles. The fourth-order valence-electron chi connectivity index (χ4n) is 3.81. The van der Waals surface area contributed by atoms with Gasteiger partial charge >= 0.3 is 0 Å². The Morgan fingerprint density at radius 1 is 0.562 bits per heavy atom. The van der Waals surface area contributed by atoms with Crippen LogP contribution >= 0.6 is 45.3 Å². The van der Waals surface area contributed by atoms with Crippen molar-refractivity contribution < 1.29 is 0 Å². The standard InChI is InChI=1S/C28H32S4/c1-3-5-7-9-11-21-13-15-23(29-21)25-17-19-27(31-25)28-20-18-26(32-28)24-16-14-22(30-24)12-10-8-6-4-2/h3,13-20H,1,4-12H2,2H3. The zero-order valence-electron chi connectivity index (χ0n) is 18.9. The summed E-state index contributed by atoms with van der Waals surface area (Å²) in [6.07, 6.45) is 13.4. The molecule has 4 heteroatoms. The number of rotatable bonds is 13. The third-order valence-electron chi connectivity index (χ3n) is 5.62. The number of hydrogen-bond donors (Lipinski definition) is 0. The van der Waals surface area contributed by atoms with Gasteiger partial charge in [0.1, 0.15) is 0 Å². The third-order valence-corrected chi connectivity index (χ3v) is 10.7. The van der Waals surface area contributed by atoms with E-state index in [9.17, 15) is 0 Å². The van der Waals surface area contributed by atoms with Crippen molar-refractivity contribution in [3.8, 4) is 29.3 Å². The molecule has 32 heavy (non-hydrogen) atoms. The second-order valence-corrected chi connectivity index (χ2v) is 12.7. The predicted octanol–water partition coefficient (Wildman–Crippen LogP) is 11.0. The normalized spacial score (nSPS) is 11.3. The lowest BCUT2D eigenvalue weighted by atomic mass is 10.1. The molecule has 0 N–H and O–H groups in total. The molecule has 0 radical (unpaired) electrons. The van der Waals surface area contributed by atoms with Crippen molar-refractivity contribution in [2.75, 3.05) is 0 Å². The van der Waals surface area contributed by atoms with E-state index in [-0.39, 0.29) is 0 Å². The molecular weight excluding hydrogens is 465 g/mol. The smallest absolute Gasteiger partial charge is 0.0449 e. The fraction of sp³-hybridized carbons (Fsp3) is 0.357. The molecule has 0 nitrogen and oxygen atoms in total. The number of unbranched alkanes of at least 4 members (excludes halogenated alkanes) is 5. The third kappa shape index (κ3) is 6.32. The van der Waals surface area contributed by atoms with Gasteiger partial charge in [-0.2, -0.15) is 0 Å². The molecule has 0 atom stereocenters. The van der Waals surface area contributed by atoms with Gasteiger partial charge in [-0.05, 0) is 87.1 Å². The highest BCUT2D eigenvalue weighted by molar-refractivity contribution is 7.28. The summed E-state index contributed by atoms with van der Waals surface area (Å²) < 4.78 is 0. The first kappa shape index (κ1) is 23.7. The lowest BCUT2D eigenvalue weighted by molar-refractivity contribution is 0.670. The molecule has 0 fully saturated rings. The lowest BCUT2D eigenvalue weighted by Crippen LogP contribution is -1.80. The van der Waals surface area contributed by atoms with Crippen LogP contribution in [0.3, 0.4) is 0 Å². The van der Waals surface area contributed by atoms with E-state index in [1.165, 1.54) is 90.4 Å². The van der Waals surface area contributed by atoms with E-state index >= 15 is 0 Å². The van der Waals surface area contributed by atoms with Crippen molar-refractivity contribution in [3.05, 3.63) is 70.9 Å². The Balaban J connectivity index is 1.38. The summed E-state index contributed by atoms with van der Waals surface area (Å²) in [7, 11) is 0. The number of thiophene rings is 4. The fourth-order valence-corrected chi connectivity index (χ4v) is 8.19. The summed E-state index contributed by atoms with van der Waals surface area (Å²) in [6.45, 7) is 6.09. The Morgan fingerprint density at radius 2 is 1.00 bits per heavy atom. The molecule has 4 heterocycles. The monoisotopic (exact) mass is 496 g/mol. The quantitative estimate of drug-likeness (QED) is 0.127. The zero-order valence-corrected chi connectivity index (χ0v) is 22.2. The topological polar surface area (TPSA) is 0 Å². The molecule has 4 aromatic heterocycles. The minimum Gasteiger partial charge on any atom is -0.139 e. The molecule has 0 aliphatic rings. The van der Waals surface area contributed by atoms with Crippen molar-refractivity contribution in [3.63, 3.8) is 0 Å². The summed E-state index contributed by atoms with van der Waals surface area (Å²) >= 11 is 7.79. The Kier molecular flexibility index (Phi) is 8.98. The highest BCUT2D eigenvalue weighted by atomic mass is 32.1. The summed E-state index contributed by atoms with van der Waals surface area (Å²) in [5, 5.41) is 0. The maximum Gasteiger partial charge on any atom is 0.0449 e. The Bertz CT molecular complexity index is 1100. The predicted molar refractivity (Wildman–Crippen MR) is 150 cm³/mol. The van der Waals surface area contributed by atoms with Gasteiger partial charge in [-0.3, -0.25) is 0 Å². The van der Waals surface area contributed by atoms with Gasteiger partial charge in [0, 0.05) is 39.0 Å². The van der Waals surface area contributed by atoms with E-state index in [1.54, 1.807) is 0 Å². The van der Waals surface area contributed by atoms with Gasteiger partial charge in [0.25, 0.3) is 0 Å². The first-order valence-electron chi connectivity index (χ1n) is 11.8. The average Bonchev–Trinajstić information content (AvgIpc) is 3.60. The molecule has 0 saturated carbocycles. The molecule has 0 aromatic carbocycles. The summed E-state index contributed by atoms with van der Waals surface area (Å²) in [6, 6.07) is 18.5. The molecule has 0 amide bonds. The molecule has 4 aromatic rings. The molecule has 0 unspecified atom stereocenters. The summed E-state index contributed by atoms with van der Waals surface area (Å²) in [5.74, 6) is 0. The van der Waals surface area contributed by atoms with Gasteiger partial charge in [0.2, 0.25) is 0 Å². The Morgan fingerprint density at radius 3 is 1.47 bits per heavy atom. The summed E-state index contributed by atoms with van der Waals surface area (Å²) in [4.78, 5) is 11.4. The van der Waals surface area contributed by atoms with E-state index < -0.39 is 0 Å². The lowest BCUT2D eigenvalue weighted by Gasteiger charge is -1.96. The Labute approximate surface area is 209 Å². The average molecular weight is 497 g/mol. The zero-order chi connectivity index (χ0) is 22.2. The maximum atomic E-state index is 3.82. The van der Waals surface area contributed by atoms with Gasteiger partial charge in [-0.25, -0.2) is 0 Å². The Hall–Kier alpha value is -1.46. The van der Waals surface area contributed by atoms with Crippen molar-refractivity contribution >= 4 is 45.3 Å². The molecule has 0 saturated heterocycles. The second-order valence-electron chi connectivity index (χ2n) is 8.20. The number of allylic oxidation sites excluding steroid dienone is 1. The molecule has 0 aliphatic carbocycles. The van der Waals surface area contributed by atoms with Crippen LogP contribution in [0.5, 0.6) is 0 Å². The minimum atomic E-state index is 1.13. The van der Waals surface area contributed by atoms with Crippen LogP contribution in [0.2, 0.25) is 0 Å². The van der Waals surface area contributed by atoms with Crippen LogP contribution in [0.4, 0.5) is 0 Å². The van der Waals surface area contributed by atoms with Gasteiger partial charge in [-0.1, -0.05) is 32.3 Å². The molecule has 0 bridgehead atoms. The van der Waals surface area contributed by atoms with Gasteiger partial charge in [0.15, 0.2) is 0 Å². The van der Waals surface area contributed by atoms with Gasteiger partial charge < -0.3 is 0 Å². The van der Waals surface area contributed by atoms with Crippen molar-refractivity contribution in [1.82, 2.24) is 0 Å². The number of hydrogen-bond acceptors (Lipinski definition) is 4. The molecule has 4 rings (SSSR count). The van der Waals surface area contributed by atoms with Crippen molar-refractivity contribution in [2.24, 2.45) is 0 Å². The molecule has 168 valence electrons. The van der Waals surface area contributed by atoms with E-state index in [0.29, 0.717) is 0 Å². The van der Waals surface area contributed by atoms with Crippen molar-refractivity contribution in [1.29, 1.82) is 0 Å². The van der Waals surface area contributed by atoms with Crippen LogP contribution in [0, 0.1) is 0 Å². The molecular formula is C28H32S4. The first-order chi connectivity index (χ1) is 15.8. The summed E-state index contributed by atoms with van der Waals surface area (Å²) in [5.41, 5.74) is 0. The number of aryl methyl sites for hydroxylation is 2. The van der Waals surface area contributed by atoms with E-state index in [4.69, 9.17) is 0 Å². The van der Waals surface area contributed by atoms with Crippen LogP contribution in [0.1, 0.15) is 61.6 Å². The highest BCUT2D eigenvalue weighted by Gasteiger charge is 2.11. The molecule has 0 spiro atoms. The van der Waals surface area contributed by atoms with Crippen LogP contribution in [-0.4, -0.2) is 0 Å². The van der Waals surface area contributed by atoms with Crippen molar-refractivity contribution in [2.45, 2.75) is 64.7 Å². The minimum absolute atomic E-state index is 1.13. The van der Waals surface area contributed by atoms with E-state index in [1.807, 2.05) is 51.4 Å². The van der Waals surface area contributed by atoms with Crippen LogP contribution in [-0.2, 0) is 12.8 Å². The van der Waals surface area contributed by atoms with Gasteiger partial charge in [-0.15, -0.1) is 51.9 Å². The SMILES string of the molecule is C=CCCCCc1ccc(-c2ccc(-c3ccc(-c4ccc(CCCCCC)s4)s3)s2)s1. The van der Waals surface area contributed by atoms with Crippen LogP contribution < -0.4 is 0 Å². The largest absolute Gasteiger partial charge is 0.139 e. The highest BCUT2D eigenvalue weighted by Crippen LogP contribution is 2.43. The van der Waals surface area contributed by atoms with E-state index in [0.717, 1.165) is 6.42 Å². The van der Waals surface area contributed by atoms with E-state index in [2.05, 4.69) is 62.0 Å². The van der Waals surface area contributed by atoms with Crippen LogP contribution in [0.25, 0.3) is 29.3 Å².